The Morgan fingerprint density at radius 3 is 2.71 bits per heavy atom. The van der Waals surface area contributed by atoms with Gasteiger partial charge in [-0.3, -0.25) is 9.59 Å². The summed E-state index contributed by atoms with van der Waals surface area (Å²) in [6.45, 7) is 1.08. The van der Waals surface area contributed by atoms with Crippen LogP contribution in [-0.2, 0) is 35.3 Å². The summed E-state index contributed by atoms with van der Waals surface area (Å²) in [6, 6.07) is 9.55. The van der Waals surface area contributed by atoms with Crippen molar-refractivity contribution in [1.82, 2.24) is 9.47 Å². The number of nitrogens with zero attached hydrogens (tertiary/aromatic N) is 2. The van der Waals surface area contributed by atoms with E-state index in [1.807, 2.05) is 16.8 Å². The van der Waals surface area contributed by atoms with Crippen molar-refractivity contribution in [3.8, 4) is 5.75 Å². The molecule has 0 unspecified atom stereocenters. The lowest BCUT2D eigenvalue weighted by Crippen LogP contribution is -2.35. The molecule has 1 aromatic carbocycles. The molecule has 0 saturated carbocycles. The van der Waals surface area contributed by atoms with Gasteiger partial charge in [-0.15, -0.1) is 0 Å². The number of methoxy groups -OCH3 is 1. The third-order valence-electron chi connectivity index (χ3n) is 5.86. The van der Waals surface area contributed by atoms with Crippen LogP contribution in [0.15, 0.2) is 52.0 Å². The van der Waals surface area contributed by atoms with Crippen molar-refractivity contribution in [3.05, 3.63) is 85.7 Å². The van der Waals surface area contributed by atoms with Gasteiger partial charge in [0.15, 0.2) is 0 Å². The van der Waals surface area contributed by atoms with Crippen molar-refractivity contribution >= 4 is 23.2 Å². The highest BCUT2D eigenvalue weighted by Crippen LogP contribution is 2.25. The van der Waals surface area contributed by atoms with Gasteiger partial charge in [0, 0.05) is 44.2 Å². The largest absolute Gasteiger partial charge is 0.492 e. The van der Waals surface area contributed by atoms with Gasteiger partial charge in [0.05, 0.1) is 20.1 Å². The number of ether oxygens (including phenoxy) is 2. The topological polar surface area (TPSA) is 77.8 Å². The summed E-state index contributed by atoms with van der Waals surface area (Å²) >= 11 is 1.54. The van der Waals surface area contributed by atoms with Crippen LogP contribution in [0.4, 0.5) is 4.39 Å². The first kappa shape index (κ1) is 23.7. The molecule has 0 atom stereocenters. The van der Waals surface area contributed by atoms with E-state index in [2.05, 4.69) is 0 Å². The van der Waals surface area contributed by atoms with Gasteiger partial charge >= 0.3 is 5.97 Å². The van der Waals surface area contributed by atoms with Gasteiger partial charge < -0.3 is 18.9 Å². The summed E-state index contributed by atoms with van der Waals surface area (Å²) in [6.07, 6.45) is 0.874. The number of benzene rings is 1. The van der Waals surface area contributed by atoms with Gasteiger partial charge in [0.25, 0.3) is 5.56 Å². The van der Waals surface area contributed by atoms with Crippen LogP contribution in [0.2, 0.25) is 0 Å². The highest BCUT2D eigenvalue weighted by molar-refractivity contribution is 7.08. The summed E-state index contributed by atoms with van der Waals surface area (Å²) in [5.74, 6) is -0.881. The van der Waals surface area contributed by atoms with Crippen LogP contribution in [-0.4, -0.2) is 48.1 Å². The SMILES string of the molecule is COC(=O)c1c(OCCc2ccccc2F)cc(=O)n2c1CCN(C(=O)Cc1ccsc1)CC2. The third kappa shape index (κ3) is 5.20. The molecule has 0 saturated heterocycles. The minimum atomic E-state index is -0.623. The number of hydrogen-bond acceptors (Lipinski definition) is 6. The normalized spacial score (nSPS) is 13.2. The predicted octanol–water partition coefficient (Wildman–Crippen LogP) is 3.08. The number of halogens is 1. The first-order chi connectivity index (χ1) is 16.5. The van der Waals surface area contributed by atoms with Gasteiger partial charge in [0.2, 0.25) is 5.91 Å². The second-order valence-electron chi connectivity index (χ2n) is 7.94. The van der Waals surface area contributed by atoms with Crippen LogP contribution in [0.25, 0.3) is 0 Å². The molecule has 0 bridgehead atoms. The average molecular weight is 485 g/mol. The summed E-state index contributed by atoms with van der Waals surface area (Å²) in [7, 11) is 1.26. The molecule has 0 N–H and O–H groups in total. The first-order valence-corrected chi connectivity index (χ1v) is 11.9. The van der Waals surface area contributed by atoms with Gasteiger partial charge in [-0.05, 0) is 34.0 Å². The molecule has 0 spiro atoms. The van der Waals surface area contributed by atoms with E-state index in [4.69, 9.17) is 9.47 Å². The van der Waals surface area contributed by atoms with Crippen LogP contribution < -0.4 is 10.3 Å². The Labute approximate surface area is 200 Å². The maximum Gasteiger partial charge on any atom is 0.343 e. The van der Waals surface area contributed by atoms with Crippen LogP contribution in [0, 0.1) is 5.82 Å². The number of thiophene rings is 1. The summed E-state index contributed by atoms with van der Waals surface area (Å²) < 4.78 is 26.2. The molecular weight excluding hydrogens is 459 g/mol. The standard InChI is InChI=1S/C25H25FN2O5S/c1-32-25(31)24-20-6-9-27(22(29)14-17-8-13-34-16-17)10-11-28(20)23(30)15-21(24)33-12-7-18-4-2-3-5-19(18)26/h2-5,8,13,15-16H,6-7,9-12,14H2,1H3. The fourth-order valence-corrected chi connectivity index (χ4v) is 4.75. The maximum absolute atomic E-state index is 13.9. The number of carbonyl (C=O) groups is 2. The zero-order chi connectivity index (χ0) is 24.1. The molecule has 178 valence electrons. The van der Waals surface area contributed by atoms with E-state index in [1.165, 1.54) is 35.1 Å². The molecule has 3 heterocycles. The smallest absolute Gasteiger partial charge is 0.343 e. The highest BCUT2D eigenvalue weighted by Gasteiger charge is 2.27. The lowest BCUT2D eigenvalue weighted by atomic mass is 10.1. The number of fused-ring (bicyclic) bond motifs is 1. The molecule has 1 aliphatic heterocycles. The first-order valence-electron chi connectivity index (χ1n) is 11.0. The molecule has 4 rings (SSSR count). The lowest BCUT2D eigenvalue weighted by Gasteiger charge is -2.19. The fourth-order valence-electron chi connectivity index (χ4n) is 4.09. The van der Waals surface area contributed by atoms with E-state index < -0.39 is 5.97 Å². The van der Waals surface area contributed by atoms with E-state index in [0.717, 1.165) is 5.56 Å². The van der Waals surface area contributed by atoms with E-state index >= 15 is 0 Å². The second-order valence-corrected chi connectivity index (χ2v) is 8.72. The summed E-state index contributed by atoms with van der Waals surface area (Å²) in [4.78, 5) is 40.1. The quantitative estimate of drug-likeness (QED) is 0.482. The Morgan fingerprint density at radius 2 is 1.97 bits per heavy atom. The van der Waals surface area contributed by atoms with Crippen LogP contribution >= 0.6 is 11.3 Å². The van der Waals surface area contributed by atoms with Crippen molar-refractivity contribution < 1.29 is 23.5 Å². The molecule has 2 aromatic heterocycles. The maximum atomic E-state index is 13.9. The lowest BCUT2D eigenvalue weighted by molar-refractivity contribution is -0.130. The molecule has 0 fully saturated rings. The Kier molecular flexibility index (Phi) is 7.42. The van der Waals surface area contributed by atoms with E-state index in [0.29, 0.717) is 37.2 Å². The zero-order valence-corrected chi connectivity index (χ0v) is 19.6. The Hall–Kier alpha value is -3.46. The number of pyridine rings is 1. The molecule has 9 heteroatoms. The van der Waals surface area contributed by atoms with Gasteiger partial charge in [-0.25, -0.2) is 9.18 Å². The van der Waals surface area contributed by atoms with Gasteiger partial charge in [-0.2, -0.15) is 11.3 Å². The minimum absolute atomic E-state index is 0.0276. The van der Waals surface area contributed by atoms with E-state index in [1.54, 1.807) is 23.1 Å². The Morgan fingerprint density at radius 1 is 1.15 bits per heavy atom. The Bertz CT molecular complexity index is 1240. The summed E-state index contributed by atoms with van der Waals surface area (Å²) in [5, 5.41) is 3.87. The summed E-state index contributed by atoms with van der Waals surface area (Å²) in [5.41, 5.74) is 1.76. The van der Waals surface area contributed by atoms with Crippen LogP contribution in [0.1, 0.15) is 27.2 Å². The van der Waals surface area contributed by atoms with Crippen molar-refractivity contribution in [2.45, 2.75) is 25.8 Å². The van der Waals surface area contributed by atoms with Gasteiger partial charge in [-0.1, -0.05) is 18.2 Å². The molecule has 7 nitrogen and oxygen atoms in total. The van der Waals surface area contributed by atoms with Crippen molar-refractivity contribution in [2.24, 2.45) is 0 Å². The third-order valence-corrected chi connectivity index (χ3v) is 6.59. The highest BCUT2D eigenvalue weighted by atomic mass is 32.1. The zero-order valence-electron chi connectivity index (χ0n) is 18.8. The van der Waals surface area contributed by atoms with Crippen molar-refractivity contribution in [2.75, 3.05) is 26.8 Å². The van der Waals surface area contributed by atoms with Crippen LogP contribution in [0.3, 0.4) is 0 Å². The van der Waals surface area contributed by atoms with Crippen molar-refractivity contribution in [1.29, 1.82) is 0 Å². The van der Waals surface area contributed by atoms with Crippen LogP contribution in [0.5, 0.6) is 5.75 Å². The second kappa shape index (κ2) is 10.6. The number of hydrogen-bond donors (Lipinski definition) is 0. The average Bonchev–Trinajstić information content (AvgIpc) is 3.23. The number of amides is 1. The Balaban J connectivity index is 1.55. The number of rotatable bonds is 7. The monoisotopic (exact) mass is 484 g/mol. The molecule has 3 aromatic rings. The van der Waals surface area contributed by atoms with Gasteiger partial charge in [0.1, 0.15) is 17.1 Å². The molecule has 34 heavy (non-hydrogen) atoms. The number of esters is 1. The predicted molar refractivity (Wildman–Crippen MR) is 126 cm³/mol. The molecule has 0 aliphatic carbocycles. The van der Waals surface area contributed by atoms with E-state index in [9.17, 15) is 18.8 Å². The molecule has 0 radical (unpaired) electrons. The van der Waals surface area contributed by atoms with E-state index in [-0.39, 0.29) is 48.2 Å². The minimum Gasteiger partial charge on any atom is -0.492 e. The van der Waals surface area contributed by atoms with Crippen molar-refractivity contribution in [3.63, 3.8) is 0 Å². The fraction of sp³-hybridized carbons (Fsp3) is 0.320. The number of aromatic nitrogens is 1. The molecular formula is C25H25FN2O5S. The number of carbonyl (C=O) groups excluding carboxylic acids is 2. The molecule has 1 amide bonds. The molecule has 1 aliphatic rings.